The van der Waals surface area contributed by atoms with E-state index in [1.165, 1.54) is 11.3 Å². The Morgan fingerprint density at radius 1 is 1.36 bits per heavy atom. The molecule has 25 heavy (non-hydrogen) atoms. The second kappa shape index (κ2) is 8.43. The fourth-order valence-electron chi connectivity index (χ4n) is 3.42. The molecule has 9 heteroatoms. The number of thiophene rings is 1. The van der Waals surface area contributed by atoms with Crippen molar-refractivity contribution in [1.82, 2.24) is 15.1 Å². The van der Waals surface area contributed by atoms with Crippen LogP contribution in [0.2, 0.25) is 0 Å². The molecule has 140 valence electrons. The van der Waals surface area contributed by atoms with Gasteiger partial charge >= 0.3 is 6.03 Å². The molecule has 1 aromatic heterocycles. The lowest BCUT2D eigenvalue weighted by molar-refractivity contribution is -0.0205. The predicted octanol–water partition coefficient (Wildman–Crippen LogP) is -0.394. The average Bonchev–Trinajstić information content (AvgIpc) is 3.21. The molecule has 0 spiro atoms. The summed E-state index contributed by atoms with van der Waals surface area (Å²) in [6, 6.07) is 1.29. The number of hydrogen-bond donors (Lipinski definition) is 4. The minimum Gasteiger partial charge on any atom is -0.394 e. The highest BCUT2D eigenvalue weighted by Gasteiger charge is 2.46. The Bertz CT molecular complexity index is 550. The van der Waals surface area contributed by atoms with Crippen molar-refractivity contribution in [2.24, 2.45) is 0 Å². The number of carbonyl (C=O) groups is 1. The molecule has 0 bridgehead atoms. The van der Waals surface area contributed by atoms with E-state index in [1.807, 2.05) is 16.8 Å². The molecule has 0 saturated carbocycles. The molecular weight excluding hydrogens is 344 g/mol. The van der Waals surface area contributed by atoms with Gasteiger partial charge in [0.25, 0.3) is 0 Å². The fraction of sp³-hybridized carbons (Fsp3) is 0.688. The molecule has 0 aliphatic carbocycles. The largest absolute Gasteiger partial charge is 0.394 e. The van der Waals surface area contributed by atoms with Crippen molar-refractivity contribution >= 4 is 23.1 Å². The number of rotatable bonds is 5. The van der Waals surface area contributed by atoms with Crippen LogP contribution < -0.4 is 10.6 Å². The molecule has 2 aliphatic rings. The summed E-state index contributed by atoms with van der Waals surface area (Å²) in [6.45, 7) is 3.55. The van der Waals surface area contributed by atoms with Crippen LogP contribution in [0, 0.1) is 0 Å². The standard InChI is InChI=1S/C16H26N4O4S/c1-19-3-5-20(6-4-19)14-12(24-13(9-21)15(14)22)8-17-16(23)18-11-2-7-25-10-11/h2,7,10,12-15,21-22H,3-6,8-9H2,1H3,(H2,17,18,23). The molecule has 3 heterocycles. The molecule has 8 nitrogen and oxygen atoms in total. The zero-order chi connectivity index (χ0) is 17.8. The van der Waals surface area contributed by atoms with Crippen LogP contribution in [0.15, 0.2) is 16.8 Å². The molecule has 0 radical (unpaired) electrons. The summed E-state index contributed by atoms with van der Waals surface area (Å²) in [6.07, 6.45) is -1.74. The summed E-state index contributed by atoms with van der Waals surface area (Å²) < 4.78 is 5.81. The molecule has 2 aliphatic heterocycles. The van der Waals surface area contributed by atoms with E-state index in [9.17, 15) is 15.0 Å². The molecule has 4 N–H and O–H groups in total. The zero-order valence-electron chi connectivity index (χ0n) is 14.3. The molecular formula is C16H26N4O4S. The van der Waals surface area contributed by atoms with E-state index in [0.717, 1.165) is 31.9 Å². The van der Waals surface area contributed by atoms with Crippen molar-refractivity contribution in [3.05, 3.63) is 16.8 Å². The summed E-state index contributed by atoms with van der Waals surface area (Å²) in [5.41, 5.74) is 0.749. The van der Waals surface area contributed by atoms with Crippen molar-refractivity contribution in [2.45, 2.75) is 24.4 Å². The van der Waals surface area contributed by atoms with Gasteiger partial charge in [0.2, 0.25) is 0 Å². The Labute approximate surface area is 151 Å². The van der Waals surface area contributed by atoms with E-state index < -0.39 is 12.2 Å². The Hall–Kier alpha value is -1.23. The molecule has 0 aromatic carbocycles. The summed E-state index contributed by atoms with van der Waals surface area (Å²) in [7, 11) is 2.07. The summed E-state index contributed by atoms with van der Waals surface area (Å²) in [5.74, 6) is 0. The molecule has 3 rings (SSSR count). The lowest BCUT2D eigenvalue weighted by atomic mass is 10.0. The van der Waals surface area contributed by atoms with Crippen molar-refractivity contribution in [3.8, 4) is 0 Å². The van der Waals surface area contributed by atoms with E-state index in [2.05, 4.69) is 27.5 Å². The topological polar surface area (TPSA) is 97.3 Å². The summed E-state index contributed by atoms with van der Waals surface area (Å²) in [5, 5.41) is 29.3. The number of piperazine rings is 1. The Kier molecular flexibility index (Phi) is 6.26. The number of likely N-dealkylation sites (N-methyl/N-ethyl adjacent to an activating group) is 1. The number of nitrogens with one attached hydrogen (secondary N) is 2. The third-order valence-corrected chi connectivity index (χ3v) is 5.53. The second-order valence-electron chi connectivity index (χ2n) is 6.56. The number of nitrogens with zero attached hydrogens (tertiary/aromatic N) is 2. The van der Waals surface area contributed by atoms with E-state index in [1.54, 1.807) is 0 Å². The van der Waals surface area contributed by atoms with Gasteiger partial charge in [0.1, 0.15) is 12.2 Å². The van der Waals surface area contributed by atoms with Crippen LogP contribution >= 0.6 is 11.3 Å². The van der Waals surface area contributed by atoms with Gasteiger partial charge in [-0.05, 0) is 18.5 Å². The third kappa shape index (κ3) is 4.49. The number of aliphatic hydroxyl groups is 2. The molecule has 4 unspecified atom stereocenters. The quantitative estimate of drug-likeness (QED) is 0.564. The first-order valence-electron chi connectivity index (χ1n) is 8.52. The van der Waals surface area contributed by atoms with E-state index in [0.29, 0.717) is 0 Å². The van der Waals surface area contributed by atoms with Gasteiger partial charge in [0.05, 0.1) is 24.4 Å². The van der Waals surface area contributed by atoms with Crippen molar-refractivity contribution < 1.29 is 19.7 Å². The number of amides is 2. The van der Waals surface area contributed by atoms with E-state index in [-0.39, 0.29) is 31.3 Å². The molecule has 1 aromatic rings. The molecule has 4 atom stereocenters. The summed E-state index contributed by atoms with van der Waals surface area (Å²) in [4.78, 5) is 16.5. The first-order chi connectivity index (χ1) is 12.1. The molecule has 2 amide bonds. The van der Waals surface area contributed by atoms with Crippen LogP contribution in [0.1, 0.15) is 0 Å². The van der Waals surface area contributed by atoms with Crippen LogP contribution in [-0.4, -0.2) is 96.8 Å². The zero-order valence-corrected chi connectivity index (χ0v) is 15.1. The average molecular weight is 370 g/mol. The van der Waals surface area contributed by atoms with E-state index >= 15 is 0 Å². The maximum Gasteiger partial charge on any atom is 0.319 e. The predicted molar refractivity (Wildman–Crippen MR) is 96.0 cm³/mol. The van der Waals surface area contributed by atoms with Crippen molar-refractivity contribution in [3.63, 3.8) is 0 Å². The number of hydrogen-bond acceptors (Lipinski definition) is 7. The van der Waals surface area contributed by atoms with Gasteiger partial charge in [0.15, 0.2) is 0 Å². The Morgan fingerprint density at radius 3 is 2.76 bits per heavy atom. The van der Waals surface area contributed by atoms with Crippen molar-refractivity contribution in [1.29, 1.82) is 0 Å². The lowest BCUT2D eigenvalue weighted by Crippen LogP contribution is -2.57. The second-order valence-corrected chi connectivity index (χ2v) is 7.34. The maximum absolute atomic E-state index is 12.0. The Balaban J connectivity index is 1.58. The minimum absolute atomic E-state index is 0.229. The lowest BCUT2D eigenvalue weighted by Gasteiger charge is -2.39. The van der Waals surface area contributed by atoms with Gasteiger partial charge in [-0.15, -0.1) is 0 Å². The SMILES string of the molecule is CN1CCN(C2C(CNC(=O)Nc3ccsc3)OC(CO)C2O)CC1. The number of urea groups is 1. The first-order valence-corrected chi connectivity index (χ1v) is 9.47. The van der Waals surface area contributed by atoms with Gasteiger partial charge < -0.3 is 30.5 Å². The number of carbonyl (C=O) groups excluding carboxylic acids is 1. The highest BCUT2D eigenvalue weighted by molar-refractivity contribution is 7.08. The number of ether oxygens (including phenoxy) is 1. The molecule has 2 fully saturated rings. The number of anilines is 1. The van der Waals surface area contributed by atoms with Gasteiger partial charge in [-0.2, -0.15) is 11.3 Å². The van der Waals surface area contributed by atoms with Gasteiger partial charge in [-0.25, -0.2) is 4.79 Å². The molecule has 2 saturated heterocycles. The number of aliphatic hydroxyl groups excluding tert-OH is 2. The van der Waals surface area contributed by atoms with Crippen LogP contribution in [0.4, 0.5) is 10.5 Å². The smallest absolute Gasteiger partial charge is 0.319 e. The van der Waals surface area contributed by atoms with E-state index in [4.69, 9.17) is 4.74 Å². The summed E-state index contributed by atoms with van der Waals surface area (Å²) >= 11 is 1.51. The van der Waals surface area contributed by atoms with Gasteiger partial charge in [-0.1, -0.05) is 0 Å². The third-order valence-electron chi connectivity index (χ3n) is 4.84. The first kappa shape index (κ1) is 18.6. The van der Waals surface area contributed by atoms with Crippen LogP contribution in [0.3, 0.4) is 0 Å². The van der Waals surface area contributed by atoms with Crippen LogP contribution in [0.5, 0.6) is 0 Å². The highest BCUT2D eigenvalue weighted by atomic mass is 32.1. The normalized spacial score (nSPS) is 31.2. The maximum atomic E-state index is 12.0. The Morgan fingerprint density at radius 2 is 2.12 bits per heavy atom. The minimum atomic E-state index is -0.764. The fourth-order valence-corrected chi connectivity index (χ4v) is 4.01. The van der Waals surface area contributed by atoms with Gasteiger partial charge in [-0.3, -0.25) is 4.90 Å². The van der Waals surface area contributed by atoms with Gasteiger partial charge in [0, 0.05) is 38.1 Å². The highest BCUT2D eigenvalue weighted by Crippen LogP contribution is 2.26. The van der Waals surface area contributed by atoms with Crippen LogP contribution in [0.25, 0.3) is 0 Å². The monoisotopic (exact) mass is 370 g/mol. The van der Waals surface area contributed by atoms with Crippen molar-refractivity contribution in [2.75, 3.05) is 51.7 Å². The van der Waals surface area contributed by atoms with Crippen LogP contribution in [-0.2, 0) is 4.74 Å².